The van der Waals surface area contributed by atoms with E-state index in [1.165, 1.54) is 11.8 Å². The summed E-state index contributed by atoms with van der Waals surface area (Å²) in [5, 5.41) is 1.69. The Hall–Kier alpha value is -3.65. The Morgan fingerprint density at radius 2 is 1.73 bits per heavy atom. The molecule has 0 unspecified atom stereocenters. The molecule has 1 amide bonds. The lowest BCUT2D eigenvalue weighted by molar-refractivity contribution is 0.0787. The van der Waals surface area contributed by atoms with Gasteiger partial charge < -0.3 is 9.88 Å². The van der Waals surface area contributed by atoms with Crippen molar-refractivity contribution in [3.05, 3.63) is 72.1 Å². The molecule has 0 spiro atoms. The lowest BCUT2D eigenvalue weighted by Crippen LogP contribution is -2.27. The number of para-hydroxylation sites is 3. The van der Waals surface area contributed by atoms with Crippen LogP contribution in [0.3, 0.4) is 0 Å². The van der Waals surface area contributed by atoms with Crippen molar-refractivity contribution in [1.29, 1.82) is 0 Å². The molecule has 1 fully saturated rings. The number of carbonyl (C=O) groups excluding carboxylic acids is 2. The van der Waals surface area contributed by atoms with Gasteiger partial charge in [-0.2, -0.15) is 0 Å². The smallest absolute Gasteiger partial charge is 0.270 e. The van der Waals surface area contributed by atoms with Crippen LogP contribution in [0.4, 0.5) is 0 Å². The molecular formula is C25H21N5O2S. The Morgan fingerprint density at radius 1 is 0.970 bits per heavy atom. The van der Waals surface area contributed by atoms with Gasteiger partial charge in [0.05, 0.1) is 22.3 Å². The van der Waals surface area contributed by atoms with Crippen LogP contribution in [0.15, 0.2) is 66.0 Å². The zero-order chi connectivity index (χ0) is 22.4. The lowest BCUT2D eigenvalue weighted by Gasteiger charge is -2.13. The molecule has 0 saturated carbocycles. The first-order valence-electron chi connectivity index (χ1n) is 11.0. The standard InChI is InChI=1S/C25H21N5O2S/c31-22(16-13-20(26-14-16)24(32)29-11-5-6-12-29)15-33-25-28-18-8-2-1-7-17(18)23-27-19-9-3-4-10-21(19)30(23)25/h1-4,7-10,13-14,26H,5-6,11-12,15H2. The molecule has 33 heavy (non-hydrogen) atoms. The molecule has 0 atom stereocenters. The summed E-state index contributed by atoms with van der Waals surface area (Å²) in [6.07, 6.45) is 3.69. The maximum atomic E-state index is 13.0. The first kappa shape index (κ1) is 20.0. The first-order valence-corrected chi connectivity index (χ1v) is 12.0. The lowest BCUT2D eigenvalue weighted by atomic mass is 10.2. The van der Waals surface area contributed by atoms with Crippen molar-refractivity contribution in [1.82, 2.24) is 24.3 Å². The Bertz CT molecular complexity index is 1530. The Kier molecular flexibility index (Phi) is 4.87. The largest absolute Gasteiger partial charge is 0.356 e. The molecule has 0 radical (unpaired) electrons. The monoisotopic (exact) mass is 455 g/mol. The summed E-state index contributed by atoms with van der Waals surface area (Å²) < 4.78 is 2.02. The molecule has 1 saturated heterocycles. The molecule has 1 N–H and O–H groups in total. The van der Waals surface area contributed by atoms with Crippen molar-refractivity contribution < 1.29 is 9.59 Å². The molecular weight excluding hydrogens is 434 g/mol. The maximum Gasteiger partial charge on any atom is 0.270 e. The maximum absolute atomic E-state index is 13.0. The third kappa shape index (κ3) is 3.47. The van der Waals surface area contributed by atoms with Crippen LogP contribution in [-0.2, 0) is 0 Å². The quantitative estimate of drug-likeness (QED) is 0.238. The van der Waals surface area contributed by atoms with Crippen molar-refractivity contribution >= 4 is 51.0 Å². The van der Waals surface area contributed by atoms with Crippen LogP contribution in [0.25, 0.3) is 27.6 Å². The number of amides is 1. The summed E-state index contributed by atoms with van der Waals surface area (Å²) in [5.41, 5.74) is 4.50. The number of hydrogen-bond donors (Lipinski definition) is 1. The van der Waals surface area contributed by atoms with E-state index in [4.69, 9.17) is 9.97 Å². The summed E-state index contributed by atoms with van der Waals surface area (Å²) in [6, 6.07) is 17.5. The van der Waals surface area contributed by atoms with E-state index >= 15 is 0 Å². The number of rotatable bonds is 5. The minimum Gasteiger partial charge on any atom is -0.356 e. The van der Waals surface area contributed by atoms with Crippen LogP contribution < -0.4 is 0 Å². The number of aromatic nitrogens is 4. The van der Waals surface area contributed by atoms with E-state index in [1.807, 2.05) is 57.8 Å². The van der Waals surface area contributed by atoms with Crippen LogP contribution in [0.1, 0.15) is 33.7 Å². The van der Waals surface area contributed by atoms with Crippen LogP contribution in [0.5, 0.6) is 0 Å². The van der Waals surface area contributed by atoms with Crippen LogP contribution >= 0.6 is 11.8 Å². The third-order valence-electron chi connectivity index (χ3n) is 6.07. The minimum atomic E-state index is -0.0516. The molecule has 164 valence electrons. The molecule has 7 nitrogen and oxygen atoms in total. The molecule has 0 bridgehead atoms. The predicted molar refractivity (Wildman–Crippen MR) is 129 cm³/mol. The van der Waals surface area contributed by atoms with Gasteiger partial charge in [-0.25, -0.2) is 9.97 Å². The van der Waals surface area contributed by atoms with Crippen molar-refractivity contribution in [2.75, 3.05) is 18.8 Å². The fraction of sp³-hybridized carbons (Fsp3) is 0.200. The minimum absolute atomic E-state index is 0.0398. The fourth-order valence-corrected chi connectivity index (χ4v) is 5.30. The number of nitrogens with zero attached hydrogens (tertiary/aromatic N) is 4. The molecule has 1 aliphatic rings. The van der Waals surface area contributed by atoms with Gasteiger partial charge in [0.1, 0.15) is 11.3 Å². The van der Waals surface area contributed by atoms with Crippen molar-refractivity contribution in [3.8, 4) is 0 Å². The molecule has 5 aromatic rings. The second kappa shape index (κ2) is 8.04. The van der Waals surface area contributed by atoms with E-state index in [1.54, 1.807) is 12.3 Å². The molecule has 8 heteroatoms. The number of thioether (sulfide) groups is 1. The van der Waals surface area contributed by atoms with Crippen LogP contribution in [0, 0.1) is 0 Å². The van der Waals surface area contributed by atoms with E-state index in [0.717, 1.165) is 58.7 Å². The van der Waals surface area contributed by atoms with E-state index in [2.05, 4.69) is 4.98 Å². The molecule has 3 aromatic heterocycles. The number of aromatic amines is 1. The highest BCUT2D eigenvalue weighted by Gasteiger charge is 2.22. The zero-order valence-corrected chi connectivity index (χ0v) is 18.6. The van der Waals surface area contributed by atoms with E-state index in [9.17, 15) is 9.59 Å². The number of hydrogen-bond acceptors (Lipinski definition) is 5. The van der Waals surface area contributed by atoms with Gasteiger partial charge in [0.2, 0.25) is 0 Å². The van der Waals surface area contributed by atoms with E-state index in [-0.39, 0.29) is 17.4 Å². The molecule has 0 aliphatic carbocycles. The first-order chi connectivity index (χ1) is 16.2. The van der Waals surface area contributed by atoms with Gasteiger partial charge in [-0.3, -0.25) is 14.0 Å². The van der Waals surface area contributed by atoms with E-state index in [0.29, 0.717) is 11.3 Å². The van der Waals surface area contributed by atoms with Gasteiger partial charge in [-0.15, -0.1) is 0 Å². The van der Waals surface area contributed by atoms with Gasteiger partial charge in [0.25, 0.3) is 5.91 Å². The van der Waals surface area contributed by atoms with Crippen LogP contribution in [0.2, 0.25) is 0 Å². The van der Waals surface area contributed by atoms with Crippen molar-refractivity contribution in [3.63, 3.8) is 0 Å². The molecule has 6 rings (SSSR count). The number of likely N-dealkylation sites (tertiary alicyclic amines) is 1. The fourth-order valence-electron chi connectivity index (χ4n) is 4.39. The van der Waals surface area contributed by atoms with Crippen molar-refractivity contribution in [2.45, 2.75) is 18.0 Å². The van der Waals surface area contributed by atoms with Crippen LogP contribution in [-0.4, -0.2) is 54.8 Å². The van der Waals surface area contributed by atoms with E-state index < -0.39 is 0 Å². The average Bonchev–Trinajstić information content (AvgIpc) is 3.61. The molecule has 4 heterocycles. The number of ketones is 1. The summed E-state index contributed by atoms with van der Waals surface area (Å²) >= 11 is 1.38. The number of fused-ring (bicyclic) bond motifs is 5. The van der Waals surface area contributed by atoms with Gasteiger partial charge in [-0.1, -0.05) is 36.0 Å². The summed E-state index contributed by atoms with van der Waals surface area (Å²) in [6.45, 7) is 1.55. The topological polar surface area (TPSA) is 83.4 Å². The number of nitrogens with one attached hydrogen (secondary N) is 1. The molecule has 1 aliphatic heterocycles. The highest BCUT2D eigenvalue weighted by atomic mass is 32.2. The normalized spacial score (nSPS) is 14.0. The predicted octanol–water partition coefficient (Wildman–Crippen LogP) is 4.57. The number of carbonyl (C=O) groups is 2. The highest BCUT2D eigenvalue weighted by molar-refractivity contribution is 7.99. The van der Waals surface area contributed by atoms with Gasteiger partial charge in [-0.05, 0) is 43.2 Å². The summed E-state index contributed by atoms with van der Waals surface area (Å²) in [5.74, 6) is 0.119. The number of H-pyrrole nitrogens is 1. The Labute approximate surface area is 193 Å². The second-order valence-corrected chi connectivity index (χ2v) is 9.13. The Morgan fingerprint density at radius 3 is 2.58 bits per heavy atom. The third-order valence-corrected chi connectivity index (χ3v) is 7.01. The number of imidazole rings is 1. The summed E-state index contributed by atoms with van der Waals surface area (Å²) in [7, 11) is 0. The van der Waals surface area contributed by atoms with Gasteiger partial charge in [0.15, 0.2) is 10.9 Å². The average molecular weight is 456 g/mol. The zero-order valence-electron chi connectivity index (χ0n) is 17.8. The Balaban J connectivity index is 1.31. The van der Waals surface area contributed by atoms with Gasteiger partial charge >= 0.3 is 0 Å². The summed E-state index contributed by atoms with van der Waals surface area (Å²) in [4.78, 5) is 40.0. The second-order valence-electron chi connectivity index (χ2n) is 8.18. The van der Waals surface area contributed by atoms with Gasteiger partial charge in [0, 0.05) is 30.2 Å². The van der Waals surface area contributed by atoms with Crippen molar-refractivity contribution in [2.24, 2.45) is 0 Å². The number of Topliss-reactive ketones (excluding diaryl/α,β-unsaturated/α-hetero) is 1. The number of benzene rings is 2. The molecule has 2 aromatic carbocycles. The highest BCUT2D eigenvalue weighted by Crippen LogP contribution is 2.29. The SMILES string of the molecule is O=C(CSc1nc2ccccc2c2nc3ccccc3n12)c1c[nH]c(C(=O)N2CCCC2)c1.